The highest BCUT2D eigenvalue weighted by Gasteiger charge is 2.25. The SMILES string of the molecule is Fc1ccc2c(c1C1CCCCN1)OCCC2. The largest absolute Gasteiger partial charge is 0.493 e. The molecule has 1 saturated heterocycles. The molecule has 0 aromatic heterocycles. The lowest BCUT2D eigenvalue weighted by atomic mass is 9.92. The fraction of sp³-hybridized carbons (Fsp3) is 0.571. The summed E-state index contributed by atoms with van der Waals surface area (Å²) in [4.78, 5) is 0. The maximum absolute atomic E-state index is 14.0. The van der Waals surface area contributed by atoms with Crippen molar-refractivity contribution in [3.8, 4) is 5.75 Å². The van der Waals surface area contributed by atoms with Gasteiger partial charge < -0.3 is 10.1 Å². The summed E-state index contributed by atoms with van der Waals surface area (Å²) in [5.41, 5.74) is 1.93. The van der Waals surface area contributed by atoms with Crippen molar-refractivity contribution in [2.75, 3.05) is 13.2 Å². The van der Waals surface area contributed by atoms with Crippen LogP contribution in [-0.4, -0.2) is 13.2 Å². The van der Waals surface area contributed by atoms with Gasteiger partial charge in [-0.25, -0.2) is 4.39 Å². The van der Waals surface area contributed by atoms with Crippen molar-refractivity contribution >= 4 is 0 Å². The van der Waals surface area contributed by atoms with Crippen molar-refractivity contribution in [2.45, 2.75) is 38.1 Å². The number of ether oxygens (including phenoxy) is 1. The average Bonchev–Trinajstić information content (AvgIpc) is 2.39. The van der Waals surface area contributed by atoms with Crippen LogP contribution in [0.5, 0.6) is 5.75 Å². The van der Waals surface area contributed by atoms with Crippen LogP contribution < -0.4 is 10.1 Å². The van der Waals surface area contributed by atoms with Gasteiger partial charge in [-0.2, -0.15) is 0 Å². The van der Waals surface area contributed by atoms with Gasteiger partial charge in [0.25, 0.3) is 0 Å². The van der Waals surface area contributed by atoms with Crippen LogP contribution in [-0.2, 0) is 6.42 Å². The molecule has 1 atom stereocenters. The number of benzene rings is 1. The molecule has 0 bridgehead atoms. The van der Waals surface area contributed by atoms with Crippen LogP contribution >= 0.6 is 0 Å². The average molecular weight is 235 g/mol. The topological polar surface area (TPSA) is 21.3 Å². The highest BCUT2D eigenvalue weighted by Crippen LogP contribution is 2.37. The molecule has 0 radical (unpaired) electrons. The normalized spacial score (nSPS) is 23.9. The summed E-state index contributed by atoms with van der Waals surface area (Å²) >= 11 is 0. The van der Waals surface area contributed by atoms with E-state index in [9.17, 15) is 4.39 Å². The van der Waals surface area contributed by atoms with Crippen molar-refractivity contribution in [3.05, 3.63) is 29.1 Å². The van der Waals surface area contributed by atoms with E-state index in [0.717, 1.165) is 43.7 Å². The Labute approximate surface area is 101 Å². The van der Waals surface area contributed by atoms with E-state index < -0.39 is 0 Å². The molecule has 92 valence electrons. The summed E-state index contributed by atoms with van der Waals surface area (Å²) in [7, 11) is 0. The minimum atomic E-state index is -0.120. The molecule has 1 aromatic carbocycles. The number of hydrogen-bond acceptors (Lipinski definition) is 2. The first kappa shape index (κ1) is 11.0. The fourth-order valence-corrected chi connectivity index (χ4v) is 2.85. The molecule has 2 aliphatic heterocycles. The van der Waals surface area contributed by atoms with Crippen LogP contribution in [0.3, 0.4) is 0 Å². The van der Waals surface area contributed by atoms with E-state index >= 15 is 0 Å². The van der Waals surface area contributed by atoms with Gasteiger partial charge in [0.05, 0.1) is 6.61 Å². The highest BCUT2D eigenvalue weighted by atomic mass is 19.1. The van der Waals surface area contributed by atoms with E-state index in [0.29, 0.717) is 0 Å². The highest BCUT2D eigenvalue weighted by molar-refractivity contribution is 5.45. The Bertz CT molecular complexity index is 413. The van der Waals surface area contributed by atoms with Crippen LogP contribution in [0.2, 0.25) is 0 Å². The monoisotopic (exact) mass is 235 g/mol. The van der Waals surface area contributed by atoms with Crippen molar-refractivity contribution < 1.29 is 9.13 Å². The zero-order chi connectivity index (χ0) is 11.7. The summed E-state index contributed by atoms with van der Waals surface area (Å²) < 4.78 is 19.8. The predicted octanol–water partition coefficient (Wildman–Crippen LogP) is 2.97. The zero-order valence-corrected chi connectivity index (χ0v) is 9.97. The van der Waals surface area contributed by atoms with Gasteiger partial charge in [-0.15, -0.1) is 0 Å². The fourth-order valence-electron chi connectivity index (χ4n) is 2.85. The molecule has 0 spiro atoms. The lowest BCUT2D eigenvalue weighted by molar-refractivity contribution is 0.274. The van der Waals surface area contributed by atoms with E-state index in [4.69, 9.17) is 4.74 Å². The van der Waals surface area contributed by atoms with E-state index in [1.54, 1.807) is 6.07 Å². The summed E-state index contributed by atoms with van der Waals surface area (Å²) in [5.74, 6) is 0.695. The minimum Gasteiger partial charge on any atom is -0.493 e. The Morgan fingerprint density at radius 1 is 1.24 bits per heavy atom. The molecule has 1 N–H and O–H groups in total. The number of halogens is 1. The molecule has 17 heavy (non-hydrogen) atoms. The summed E-state index contributed by atoms with van der Waals surface area (Å²) in [6.07, 6.45) is 5.41. The van der Waals surface area contributed by atoms with E-state index in [1.165, 1.54) is 18.4 Å². The lowest BCUT2D eigenvalue weighted by Gasteiger charge is -2.28. The third kappa shape index (κ3) is 2.04. The van der Waals surface area contributed by atoms with E-state index in [1.807, 2.05) is 6.07 Å². The van der Waals surface area contributed by atoms with Crippen LogP contribution in [0.15, 0.2) is 12.1 Å². The molecule has 2 nitrogen and oxygen atoms in total. The van der Waals surface area contributed by atoms with Gasteiger partial charge in [-0.3, -0.25) is 0 Å². The quantitative estimate of drug-likeness (QED) is 0.808. The third-order valence-electron chi connectivity index (χ3n) is 3.72. The molecular formula is C14H18FNO. The second kappa shape index (κ2) is 4.65. The molecule has 2 aliphatic rings. The Kier molecular flexibility index (Phi) is 3.02. The Hall–Kier alpha value is -1.09. The maximum Gasteiger partial charge on any atom is 0.131 e. The molecule has 0 aliphatic carbocycles. The van der Waals surface area contributed by atoms with Gasteiger partial charge in [0, 0.05) is 11.6 Å². The Morgan fingerprint density at radius 2 is 2.18 bits per heavy atom. The summed E-state index contributed by atoms with van der Waals surface area (Å²) in [5, 5.41) is 3.41. The van der Waals surface area contributed by atoms with Crippen LogP contribution in [0, 0.1) is 5.82 Å². The van der Waals surface area contributed by atoms with Crippen molar-refractivity contribution in [1.29, 1.82) is 0 Å². The van der Waals surface area contributed by atoms with Gasteiger partial charge >= 0.3 is 0 Å². The van der Waals surface area contributed by atoms with Crippen LogP contribution in [0.1, 0.15) is 42.9 Å². The first-order valence-electron chi connectivity index (χ1n) is 6.54. The third-order valence-corrected chi connectivity index (χ3v) is 3.72. The smallest absolute Gasteiger partial charge is 0.131 e. The van der Waals surface area contributed by atoms with Crippen LogP contribution in [0.25, 0.3) is 0 Å². The molecule has 1 fully saturated rings. The zero-order valence-electron chi connectivity index (χ0n) is 9.97. The molecule has 3 heteroatoms. The van der Waals surface area contributed by atoms with Crippen molar-refractivity contribution in [3.63, 3.8) is 0 Å². The van der Waals surface area contributed by atoms with Gasteiger partial charge in [0.15, 0.2) is 0 Å². The van der Waals surface area contributed by atoms with Crippen LogP contribution in [0.4, 0.5) is 4.39 Å². The number of rotatable bonds is 1. The molecule has 2 heterocycles. The first-order valence-corrected chi connectivity index (χ1v) is 6.54. The van der Waals surface area contributed by atoms with Crippen molar-refractivity contribution in [1.82, 2.24) is 5.32 Å². The number of hydrogen-bond donors (Lipinski definition) is 1. The summed E-state index contributed by atoms with van der Waals surface area (Å²) in [6.45, 7) is 1.70. The lowest BCUT2D eigenvalue weighted by Crippen LogP contribution is -2.28. The Morgan fingerprint density at radius 3 is 3.00 bits per heavy atom. The maximum atomic E-state index is 14.0. The molecule has 0 saturated carbocycles. The van der Waals surface area contributed by atoms with Gasteiger partial charge in [0.2, 0.25) is 0 Å². The predicted molar refractivity (Wildman–Crippen MR) is 64.8 cm³/mol. The molecule has 0 amide bonds. The van der Waals surface area contributed by atoms with Gasteiger partial charge in [-0.1, -0.05) is 12.5 Å². The Balaban J connectivity index is 2.01. The second-order valence-corrected chi connectivity index (χ2v) is 4.90. The van der Waals surface area contributed by atoms with Gasteiger partial charge in [0.1, 0.15) is 11.6 Å². The van der Waals surface area contributed by atoms with E-state index in [-0.39, 0.29) is 11.9 Å². The number of nitrogens with one attached hydrogen (secondary N) is 1. The molecule has 1 unspecified atom stereocenters. The second-order valence-electron chi connectivity index (χ2n) is 4.90. The molecular weight excluding hydrogens is 217 g/mol. The number of fused-ring (bicyclic) bond motifs is 1. The number of piperidine rings is 1. The van der Waals surface area contributed by atoms with E-state index in [2.05, 4.69) is 5.32 Å². The standard InChI is InChI=1S/C14H18FNO/c15-11-7-6-10-4-3-9-17-14(10)13(11)12-5-1-2-8-16-12/h6-7,12,16H,1-5,8-9H2. The first-order chi connectivity index (χ1) is 8.36. The molecule has 1 aromatic rings. The van der Waals surface area contributed by atoms with Crippen molar-refractivity contribution in [2.24, 2.45) is 0 Å². The van der Waals surface area contributed by atoms with Gasteiger partial charge in [-0.05, 0) is 43.9 Å². The number of aryl methyl sites for hydroxylation is 1. The minimum absolute atomic E-state index is 0.120. The molecule has 3 rings (SSSR count). The summed E-state index contributed by atoms with van der Waals surface area (Å²) in [6, 6.07) is 3.60.